The van der Waals surface area contributed by atoms with Crippen molar-refractivity contribution in [3.8, 4) is 11.1 Å². The molecule has 0 radical (unpaired) electrons. The van der Waals surface area contributed by atoms with Crippen molar-refractivity contribution in [1.82, 2.24) is 25.7 Å². The molecular weight excluding hydrogens is 395 g/mol. The maximum atomic E-state index is 13.3. The van der Waals surface area contributed by atoms with Crippen LogP contribution in [-0.2, 0) is 11.0 Å². The minimum Gasteiger partial charge on any atom is -0.341 e. The standard InChI is InChI=1S/C21H24F3N5O/c1-13-11-17(28-27-13)19(30)29-9-7-15(8-10-29)18-16(14-5-3-2-4-6-14)12-25-20(26-18)21(22,23)24/h2-6,12-13,15,17,27-28H,7-11H2,1H3. The minimum absolute atomic E-state index is 0.0345. The Morgan fingerprint density at radius 1 is 1.13 bits per heavy atom. The smallest absolute Gasteiger partial charge is 0.341 e. The lowest BCUT2D eigenvalue weighted by Gasteiger charge is -2.34. The predicted octanol–water partition coefficient (Wildman–Crippen LogP) is 3.12. The molecule has 2 N–H and O–H groups in total. The van der Waals surface area contributed by atoms with Crippen molar-refractivity contribution in [3.63, 3.8) is 0 Å². The van der Waals surface area contributed by atoms with Gasteiger partial charge in [-0.3, -0.25) is 10.2 Å². The van der Waals surface area contributed by atoms with Crippen LogP contribution in [-0.4, -0.2) is 45.9 Å². The molecule has 2 saturated heterocycles. The Morgan fingerprint density at radius 3 is 2.43 bits per heavy atom. The third-order valence-electron chi connectivity index (χ3n) is 5.74. The highest BCUT2D eigenvalue weighted by molar-refractivity contribution is 5.82. The molecule has 2 atom stereocenters. The van der Waals surface area contributed by atoms with Crippen molar-refractivity contribution in [3.05, 3.63) is 48.0 Å². The van der Waals surface area contributed by atoms with E-state index in [2.05, 4.69) is 20.8 Å². The lowest BCUT2D eigenvalue weighted by Crippen LogP contribution is -2.48. The number of carbonyl (C=O) groups is 1. The first kappa shape index (κ1) is 20.7. The number of carbonyl (C=O) groups excluding carboxylic acids is 1. The van der Waals surface area contributed by atoms with E-state index < -0.39 is 12.0 Å². The van der Waals surface area contributed by atoms with Crippen LogP contribution in [0.5, 0.6) is 0 Å². The Balaban J connectivity index is 1.55. The van der Waals surface area contributed by atoms with E-state index in [4.69, 9.17) is 0 Å². The van der Waals surface area contributed by atoms with Crippen LogP contribution in [0.2, 0.25) is 0 Å². The van der Waals surface area contributed by atoms with Crippen molar-refractivity contribution < 1.29 is 18.0 Å². The number of nitrogens with zero attached hydrogens (tertiary/aromatic N) is 3. The SMILES string of the molecule is CC1CC(C(=O)N2CCC(c3nc(C(F)(F)F)ncc3-c3ccccc3)CC2)NN1. The van der Waals surface area contributed by atoms with Gasteiger partial charge in [-0.05, 0) is 31.7 Å². The van der Waals surface area contributed by atoms with Crippen LogP contribution in [0.4, 0.5) is 13.2 Å². The number of hydrazine groups is 1. The van der Waals surface area contributed by atoms with Gasteiger partial charge in [-0.25, -0.2) is 15.4 Å². The van der Waals surface area contributed by atoms with E-state index in [1.807, 2.05) is 37.3 Å². The molecule has 1 aromatic carbocycles. The molecule has 0 saturated carbocycles. The highest BCUT2D eigenvalue weighted by Crippen LogP contribution is 2.36. The topological polar surface area (TPSA) is 70.2 Å². The van der Waals surface area contributed by atoms with Crippen LogP contribution >= 0.6 is 0 Å². The predicted molar refractivity (Wildman–Crippen MR) is 105 cm³/mol. The maximum Gasteiger partial charge on any atom is 0.451 e. The molecular formula is C21H24F3N5O. The Labute approximate surface area is 172 Å². The van der Waals surface area contributed by atoms with E-state index in [-0.39, 0.29) is 23.9 Å². The highest BCUT2D eigenvalue weighted by atomic mass is 19.4. The third kappa shape index (κ3) is 4.32. The molecule has 0 spiro atoms. The highest BCUT2D eigenvalue weighted by Gasteiger charge is 2.37. The summed E-state index contributed by atoms with van der Waals surface area (Å²) in [7, 11) is 0. The van der Waals surface area contributed by atoms with Crippen LogP contribution < -0.4 is 10.9 Å². The lowest BCUT2D eigenvalue weighted by molar-refractivity contribution is -0.145. The van der Waals surface area contributed by atoms with Crippen molar-refractivity contribution in [2.24, 2.45) is 0 Å². The Morgan fingerprint density at radius 2 is 1.83 bits per heavy atom. The Kier molecular flexibility index (Phi) is 5.75. The molecule has 3 heterocycles. The summed E-state index contributed by atoms with van der Waals surface area (Å²) >= 11 is 0. The summed E-state index contributed by atoms with van der Waals surface area (Å²) in [4.78, 5) is 22.0. The van der Waals surface area contributed by atoms with Crippen molar-refractivity contribution in [1.29, 1.82) is 0 Å². The summed E-state index contributed by atoms with van der Waals surface area (Å²) in [6, 6.07) is 9.18. The molecule has 2 aliphatic rings. The Bertz CT molecular complexity index is 897. The van der Waals surface area contributed by atoms with Gasteiger partial charge >= 0.3 is 6.18 Å². The van der Waals surface area contributed by atoms with Gasteiger partial charge in [0.05, 0.1) is 5.69 Å². The van der Waals surface area contributed by atoms with Gasteiger partial charge in [0.1, 0.15) is 6.04 Å². The van der Waals surface area contributed by atoms with E-state index in [0.29, 0.717) is 37.2 Å². The van der Waals surface area contributed by atoms with Crippen molar-refractivity contribution in [2.45, 2.75) is 50.4 Å². The van der Waals surface area contributed by atoms with Crippen molar-refractivity contribution in [2.75, 3.05) is 13.1 Å². The number of piperidine rings is 1. The second kappa shape index (κ2) is 8.31. The molecule has 160 valence electrons. The fraction of sp³-hybridized carbons (Fsp3) is 0.476. The molecule has 6 nitrogen and oxygen atoms in total. The van der Waals surface area contributed by atoms with Gasteiger partial charge in [-0.15, -0.1) is 0 Å². The molecule has 0 aliphatic carbocycles. The zero-order chi connectivity index (χ0) is 21.3. The molecule has 30 heavy (non-hydrogen) atoms. The molecule has 0 bridgehead atoms. The van der Waals surface area contributed by atoms with E-state index in [0.717, 1.165) is 12.0 Å². The number of benzene rings is 1. The lowest BCUT2D eigenvalue weighted by atomic mass is 9.88. The zero-order valence-electron chi connectivity index (χ0n) is 16.6. The van der Waals surface area contributed by atoms with Crippen LogP contribution in [0.25, 0.3) is 11.1 Å². The average Bonchev–Trinajstić information content (AvgIpc) is 3.19. The van der Waals surface area contributed by atoms with Gasteiger partial charge in [-0.2, -0.15) is 13.2 Å². The number of nitrogens with one attached hydrogen (secondary N) is 2. The van der Waals surface area contributed by atoms with Crippen LogP contribution in [0, 0.1) is 0 Å². The normalized spacial score (nSPS) is 23.0. The molecule has 4 rings (SSSR count). The number of hydrogen-bond acceptors (Lipinski definition) is 5. The number of likely N-dealkylation sites (tertiary alicyclic amines) is 1. The number of halogens is 3. The second-order valence-electron chi connectivity index (χ2n) is 7.93. The van der Waals surface area contributed by atoms with Crippen LogP contribution in [0.1, 0.15) is 43.6 Å². The second-order valence-corrected chi connectivity index (χ2v) is 7.93. The summed E-state index contributed by atoms with van der Waals surface area (Å²) in [6.07, 6.45) is -1.48. The number of amides is 1. The third-order valence-corrected chi connectivity index (χ3v) is 5.74. The first-order valence-electron chi connectivity index (χ1n) is 10.1. The van der Waals surface area contributed by atoms with Crippen LogP contribution in [0.15, 0.2) is 36.5 Å². The van der Waals surface area contributed by atoms with Gasteiger partial charge < -0.3 is 4.90 Å². The van der Waals surface area contributed by atoms with Gasteiger partial charge in [0.15, 0.2) is 0 Å². The molecule has 2 unspecified atom stereocenters. The van der Waals surface area contributed by atoms with Gasteiger partial charge in [0.25, 0.3) is 0 Å². The van der Waals surface area contributed by atoms with E-state index in [1.54, 1.807) is 4.90 Å². The summed E-state index contributed by atoms with van der Waals surface area (Å²) in [5.74, 6) is -1.25. The first-order chi connectivity index (χ1) is 14.3. The van der Waals surface area contributed by atoms with Gasteiger partial charge in [0.2, 0.25) is 11.7 Å². The number of hydrogen-bond donors (Lipinski definition) is 2. The van der Waals surface area contributed by atoms with Gasteiger partial charge in [0, 0.05) is 36.8 Å². The number of alkyl halides is 3. The van der Waals surface area contributed by atoms with Gasteiger partial charge in [-0.1, -0.05) is 30.3 Å². The van der Waals surface area contributed by atoms with Crippen molar-refractivity contribution >= 4 is 5.91 Å². The summed E-state index contributed by atoms with van der Waals surface area (Å²) in [5.41, 5.74) is 7.87. The number of aromatic nitrogens is 2. The maximum absolute atomic E-state index is 13.3. The molecule has 2 aromatic rings. The van der Waals surface area contributed by atoms with Crippen LogP contribution in [0.3, 0.4) is 0 Å². The molecule has 1 amide bonds. The Hall–Kier alpha value is -2.52. The molecule has 2 aliphatic heterocycles. The van der Waals surface area contributed by atoms with E-state index >= 15 is 0 Å². The summed E-state index contributed by atoms with van der Waals surface area (Å²) < 4.78 is 39.8. The average molecular weight is 419 g/mol. The first-order valence-corrected chi connectivity index (χ1v) is 10.1. The molecule has 1 aromatic heterocycles. The minimum atomic E-state index is -4.60. The molecule has 9 heteroatoms. The van der Waals surface area contributed by atoms with E-state index in [1.165, 1.54) is 6.20 Å². The fourth-order valence-electron chi connectivity index (χ4n) is 4.15. The zero-order valence-corrected chi connectivity index (χ0v) is 16.6. The largest absolute Gasteiger partial charge is 0.451 e. The van der Waals surface area contributed by atoms with E-state index in [9.17, 15) is 18.0 Å². The quantitative estimate of drug-likeness (QED) is 0.800. The summed E-state index contributed by atoms with van der Waals surface area (Å²) in [6.45, 7) is 3.00. The fourth-order valence-corrected chi connectivity index (χ4v) is 4.15. The molecule has 2 fully saturated rings. The summed E-state index contributed by atoms with van der Waals surface area (Å²) in [5, 5.41) is 0. The monoisotopic (exact) mass is 419 g/mol. The number of rotatable bonds is 3.